The van der Waals surface area contributed by atoms with E-state index in [0.29, 0.717) is 11.0 Å². The largest absolute Gasteiger partial charge is 0.293 e. The number of fused-ring (bicyclic) bond motifs is 1. The fraction of sp³-hybridized carbons (Fsp3) is 0.214. The molecule has 1 amide bonds. The molecule has 0 unspecified atom stereocenters. The lowest BCUT2D eigenvalue weighted by atomic mass is 10.2. The second-order valence-electron chi connectivity index (χ2n) is 5.02. The maximum Gasteiger partial charge on any atom is 0.250 e. The van der Waals surface area contributed by atoms with Crippen LogP contribution >= 0.6 is 22.9 Å². The average Bonchev–Trinajstić information content (AvgIpc) is 3.15. The molecule has 7 heteroatoms. The highest BCUT2D eigenvalue weighted by Gasteiger charge is 2.30. The maximum atomic E-state index is 11.8. The van der Waals surface area contributed by atoms with Crippen LogP contribution < -0.4 is 5.32 Å². The van der Waals surface area contributed by atoms with Crippen molar-refractivity contribution in [3.8, 4) is 11.3 Å². The molecular weight excluding hydrogens is 308 g/mol. The van der Waals surface area contributed by atoms with Crippen LogP contribution in [0.1, 0.15) is 12.8 Å². The first-order chi connectivity index (χ1) is 10.2. The number of thiazole rings is 1. The van der Waals surface area contributed by atoms with Crippen molar-refractivity contribution in [2.24, 2.45) is 5.92 Å². The second-order valence-corrected chi connectivity index (χ2v) is 6.29. The van der Waals surface area contributed by atoms with Gasteiger partial charge in [0.2, 0.25) is 16.8 Å². The number of anilines is 1. The number of nitrogens with zero attached hydrogens (tertiary/aromatic N) is 3. The molecule has 0 aliphatic heterocycles. The zero-order chi connectivity index (χ0) is 14.4. The van der Waals surface area contributed by atoms with E-state index >= 15 is 0 Å². The molecule has 0 radical (unpaired) electrons. The lowest BCUT2D eigenvalue weighted by Gasteiger charge is -1.99. The Balaban J connectivity index is 1.68. The van der Waals surface area contributed by atoms with Crippen molar-refractivity contribution in [3.05, 3.63) is 34.7 Å². The van der Waals surface area contributed by atoms with Crippen LogP contribution in [0.25, 0.3) is 16.2 Å². The molecule has 4 rings (SSSR count). The fourth-order valence-corrected chi connectivity index (χ4v) is 3.07. The smallest absolute Gasteiger partial charge is 0.250 e. The highest BCUT2D eigenvalue weighted by molar-refractivity contribution is 7.15. The van der Waals surface area contributed by atoms with E-state index in [4.69, 9.17) is 11.6 Å². The van der Waals surface area contributed by atoms with Gasteiger partial charge in [-0.3, -0.25) is 10.1 Å². The Morgan fingerprint density at radius 3 is 2.81 bits per heavy atom. The minimum absolute atomic E-state index is 0.0151. The van der Waals surface area contributed by atoms with Gasteiger partial charge in [-0.2, -0.15) is 4.98 Å². The molecule has 1 fully saturated rings. The molecule has 0 bridgehead atoms. The molecule has 1 saturated carbocycles. The first-order valence-electron chi connectivity index (χ1n) is 6.62. The average molecular weight is 319 g/mol. The van der Waals surface area contributed by atoms with Gasteiger partial charge in [0.1, 0.15) is 0 Å². The predicted octanol–water partition coefficient (Wildman–Crippen LogP) is 3.46. The van der Waals surface area contributed by atoms with E-state index in [1.807, 2.05) is 29.6 Å². The number of hydrogen-bond donors (Lipinski definition) is 1. The minimum atomic E-state index is 0.0151. The van der Waals surface area contributed by atoms with Crippen molar-refractivity contribution >= 4 is 39.8 Å². The van der Waals surface area contributed by atoms with E-state index in [-0.39, 0.29) is 11.8 Å². The molecule has 1 aliphatic rings. The SMILES string of the molecule is O=C(Nc1nc2scc(-c3ccc(Cl)cc3)n2n1)C1CC1. The molecule has 3 aromatic rings. The summed E-state index contributed by atoms with van der Waals surface area (Å²) in [5, 5.41) is 9.83. The van der Waals surface area contributed by atoms with Gasteiger partial charge in [-0.1, -0.05) is 23.7 Å². The van der Waals surface area contributed by atoms with Crippen LogP contribution in [-0.4, -0.2) is 20.5 Å². The quantitative estimate of drug-likeness (QED) is 0.804. The molecule has 0 saturated heterocycles. The third-order valence-electron chi connectivity index (χ3n) is 3.40. The summed E-state index contributed by atoms with van der Waals surface area (Å²) in [7, 11) is 0. The normalized spacial score (nSPS) is 14.5. The van der Waals surface area contributed by atoms with E-state index in [2.05, 4.69) is 15.4 Å². The number of carbonyl (C=O) groups is 1. The third-order valence-corrected chi connectivity index (χ3v) is 4.47. The van der Waals surface area contributed by atoms with Crippen molar-refractivity contribution in [1.82, 2.24) is 14.6 Å². The van der Waals surface area contributed by atoms with E-state index in [1.54, 1.807) is 4.52 Å². The summed E-state index contributed by atoms with van der Waals surface area (Å²) < 4.78 is 1.75. The lowest BCUT2D eigenvalue weighted by molar-refractivity contribution is -0.117. The monoisotopic (exact) mass is 318 g/mol. The van der Waals surface area contributed by atoms with Gasteiger partial charge >= 0.3 is 0 Å². The summed E-state index contributed by atoms with van der Waals surface area (Å²) in [6, 6.07) is 7.56. The number of carbonyl (C=O) groups excluding carboxylic acids is 1. The highest BCUT2D eigenvalue weighted by atomic mass is 35.5. The van der Waals surface area contributed by atoms with Gasteiger partial charge in [0.25, 0.3) is 0 Å². The van der Waals surface area contributed by atoms with Crippen LogP contribution in [0, 0.1) is 5.92 Å². The van der Waals surface area contributed by atoms with Crippen LogP contribution in [-0.2, 0) is 4.79 Å². The second kappa shape index (κ2) is 4.82. The summed E-state index contributed by atoms with van der Waals surface area (Å²) in [6.07, 6.45) is 1.92. The van der Waals surface area contributed by atoms with Crippen molar-refractivity contribution in [3.63, 3.8) is 0 Å². The molecule has 2 aromatic heterocycles. The predicted molar refractivity (Wildman–Crippen MR) is 82.7 cm³/mol. The van der Waals surface area contributed by atoms with E-state index in [1.165, 1.54) is 11.3 Å². The Bertz CT molecular complexity index is 819. The van der Waals surface area contributed by atoms with Crippen molar-refractivity contribution in [1.29, 1.82) is 0 Å². The topological polar surface area (TPSA) is 59.3 Å². The Kier molecular flexibility index (Phi) is 2.94. The number of rotatable bonds is 3. The molecule has 0 atom stereocenters. The number of halogens is 1. The van der Waals surface area contributed by atoms with E-state index in [0.717, 1.165) is 29.1 Å². The summed E-state index contributed by atoms with van der Waals surface area (Å²) >= 11 is 7.40. The summed E-state index contributed by atoms with van der Waals surface area (Å²) in [6.45, 7) is 0. The fourth-order valence-electron chi connectivity index (χ4n) is 2.11. The van der Waals surface area contributed by atoms with Crippen LogP contribution in [0.15, 0.2) is 29.6 Å². The van der Waals surface area contributed by atoms with Crippen LogP contribution in [0.2, 0.25) is 5.02 Å². The van der Waals surface area contributed by atoms with Gasteiger partial charge in [0.05, 0.1) is 5.69 Å². The van der Waals surface area contributed by atoms with Gasteiger partial charge in [0, 0.05) is 21.9 Å². The number of benzene rings is 1. The number of amides is 1. The molecule has 1 N–H and O–H groups in total. The number of nitrogens with one attached hydrogen (secondary N) is 1. The lowest BCUT2D eigenvalue weighted by Crippen LogP contribution is -2.14. The summed E-state index contributed by atoms with van der Waals surface area (Å²) in [4.78, 5) is 16.8. The highest BCUT2D eigenvalue weighted by Crippen LogP contribution is 2.30. The number of aromatic nitrogens is 3. The molecule has 0 spiro atoms. The van der Waals surface area contributed by atoms with Crippen molar-refractivity contribution in [2.45, 2.75) is 12.8 Å². The number of hydrogen-bond acceptors (Lipinski definition) is 4. The van der Waals surface area contributed by atoms with Gasteiger partial charge in [-0.15, -0.1) is 16.4 Å². The standard InChI is InChI=1S/C14H11ClN4OS/c15-10-5-3-8(4-6-10)11-7-21-14-17-13(18-19(11)14)16-12(20)9-1-2-9/h3-7,9H,1-2H2,(H,16,18,20). The molecule has 1 aliphatic carbocycles. The van der Waals surface area contributed by atoms with Gasteiger partial charge in [0.15, 0.2) is 0 Å². The third kappa shape index (κ3) is 2.41. The zero-order valence-electron chi connectivity index (χ0n) is 10.9. The zero-order valence-corrected chi connectivity index (χ0v) is 12.5. The molecule has 1 aromatic carbocycles. The Labute approximate surface area is 129 Å². The van der Waals surface area contributed by atoms with Crippen LogP contribution in [0.4, 0.5) is 5.95 Å². The molecular formula is C14H11ClN4OS. The van der Waals surface area contributed by atoms with Gasteiger partial charge in [-0.05, 0) is 25.0 Å². The Hall–Kier alpha value is -1.92. The summed E-state index contributed by atoms with van der Waals surface area (Å²) in [5.74, 6) is 0.525. The molecule has 21 heavy (non-hydrogen) atoms. The first-order valence-corrected chi connectivity index (χ1v) is 7.87. The molecule has 2 heterocycles. The molecule has 106 valence electrons. The maximum absolute atomic E-state index is 11.8. The first kappa shape index (κ1) is 12.8. The Morgan fingerprint density at radius 1 is 1.33 bits per heavy atom. The van der Waals surface area contributed by atoms with E-state index < -0.39 is 0 Å². The van der Waals surface area contributed by atoms with Crippen LogP contribution in [0.5, 0.6) is 0 Å². The van der Waals surface area contributed by atoms with Gasteiger partial charge < -0.3 is 0 Å². The minimum Gasteiger partial charge on any atom is -0.293 e. The van der Waals surface area contributed by atoms with Gasteiger partial charge in [-0.25, -0.2) is 4.52 Å². The van der Waals surface area contributed by atoms with Crippen molar-refractivity contribution in [2.75, 3.05) is 5.32 Å². The van der Waals surface area contributed by atoms with Crippen LogP contribution in [0.3, 0.4) is 0 Å². The Morgan fingerprint density at radius 2 is 2.10 bits per heavy atom. The molecule has 5 nitrogen and oxygen atoms in total. The van der Waals surface area contributed by atoms with E-state index in [9.17, 15) is 4.79 Å². The summed E-state index contributed by atoms with van der Waals surface area (Å²) in [5.41, 5.74) is 1.95. The van der Waals surface area contributed by atoms with Crippen molar-refractivity contribution < 1.29 is 4.79 Å².